The van der Waals surface area contributed by atoms with Gasteiger partial charge in [-0.25, -0.2) is 0 Å². The highest BCUT2D eigenvalue weighted by atomic mass is 16.6. The summed E-state index contributed by atoms with van der Waals surface area (Å²) in [5.41, 5.74) is 1.28. The van der Waals surface area contributed by atoms with Crippen molar-refractivity contribution in [3.05, 3.63) is 0 Å². The molecule has 4 aliphatic carbocycles. The molecule has 1 aliphatic heterocycles. The van der Waals surface area contributed by atoms with Crippen LogP contribution in [0.4, 0.5) is 0 Å². The minimum absolute atomic E-state index is 0.254. The van der Waals surface area contributed by atoms with Crippen LogP contribution in [0.1, 0.15) is 104 Å². The van der Waals surface area contributed by atoms with Gasteiger partial charge in [0.1, 0.15) is 11.4 Å². The summed E-state index contributed by atoms with van der Waals surface area (Å²) in [6.45, 7) is 7.25. The SMILES string of the molecule is CCC(=O)CCC[C@H]1CC[C@H]2C1(C)CCC1C3(C)CCCCC3C[C@@H]3O[C@]132. The van der Waals surface area contributed by atoms with E-state index >= 15 is 0 Å². The summed E-state index contributed by atoms with van der Waals surface area (Å²) in [6.07, 6.45) is 17.2. The fourth-order valence-electron chi connectivity index (χ4n) is 8.99. The zero-order valence-electron chi connectivity index (χ0n) is 17.9. The van der Waals surface area contributed by atoms with Crippen LogP contribution in [0.25, 0.3) is 0 Å². The van der Waals surface area contributed by atoms with Crippen LogP contribution < -0.4 is 0 Å². The fourth-order valence-corrected chi connectivity index (χ4v) is 8.99. The Morgan fingerprint density at radius 1 is 1.00 bits per heavy atom. The molecule has 0 aromatic carbocycles. The molecule has 2 heteroatoms. The molecule has 0 N–H and O–H groups in total. The quantitative estimate of drug-likeness (QED) is 0.529. The van der Waals surface area contributed by atoms with Crippen molar-refractivity contribution in [1.29, 1.82) is 0 Å². The second-order valence-corrected chi connectivity index (χ2v) is 11.4. The fraction of sp³-hybridized carbons (Fsp3) is 0.960. The largest absolute Gasteiger partial charge is 0.365 e. The second kappa shape index (κ2) is 6.31. The lowest BCUT2D eigenvalue weighted by atomic mass is 9.44. The zero-order chi connectivity index (χ0) is 18.9. The number of hydrogen-bond acceptors (Lipinski definition) is 2. The van der Waals surface area contributed by atoms with E-state index in [1.165, 1.54) is 64.2 Å². The zero-order valence-corrected chi connectivity index (χ0v) is 17.9. The molecule has 5 rings (SSSR count). The third-order valence-electron chi connectivity index (χ3n) is 10.5. The molecule has 27 heavy (non-hydrogen) atoms. The molecule has 0 aromatic rings. The summed E-state index contributed by atoms with van der Waals surface area (Å²) in [5, 5.41) is 0. The van der Waals surface area contributed by atoms with Crippen molar-refractivity contribution in [3.8, 4) is 0 Å². The Balaban J connectivity index is 1.35. The van der Waals surface area contributed by atoms with E-state index in [0.29, 0.717) is 29.1 Å². The standard InChI is InChI=1S/C25H40O2/c1-4-19(26)10-7-9-17-11-12-20-24(17,3)15-13-21-23(2)14-6-5-8-18(23)16-22-25(20,21)27-22/h17-18,20-22H,4-16H2,1-3H3/t17-,18?,20-,21?,22-,23?,24?,25+/m0/s1. The van der Waals surface area contributed by atoms with Gasteiger partial charge in [0.2, 0.25) is 0 Å². The van der Waals surface area contributed by atoms with Gasteiger partial charge in [-0.2, -0.15) is 0 Å². The maximum atomic E-state index is 11.7. The van der Waals surface area contributed by atoms with E-state index in [-0.39, 0.29) is 5.60 Å². The molecule has 0 amide bonds. The summed E-state index contributed by atoms with van der Waals surface area (Å²) in [4.78, 5) is 11.7. The van der Waals surface area contributed by atoms with E-state index in [0.717, 1.165) is 36.5 Å². The molecule has 4 saturated carbocycles. The normalized spacial score (nSPS) is 53.1. The van der Waals surface area contributed by atoms with Gasteiger partial charge in [0.25, 0.3) is 0 Å². The topological polar surface area (TPSA) is 29.6 Å². The highest BCUT2D eigenvalue weighted by Crippen LogP contribution is 2.75. The van der Waals surface area contributed by atoms with Crippen LogP contribution >= 0.6 is 0 Å². The summed E-state index contributed by atoms with van der Waals surface area (Å²) < 4.78 is 6.76. The van der Waals surface area contributed by atoms with Crippen molar-refractivity contribution in [2.24, 2.45) is 34.5 Å². The number of hydrogen-bond donors (Lipinski definition) is 0. The average molecular weight is 373 g/mol. The number of ether oxygens (including phenoxy) is 1. The molecule has 8 atom stereocenters. The molecule has 1 saturated heterocycles. The highest BCUT2D eigenvalue weighted by Gasteiger charge is 2.77. The summed E-state index contributed by atoms with van der Waals surface area (Å²) in [7, 11) is 0. The minimum atomic E-state index is 0.254. The van der Waals surface area contributed by atoms with Crippen molar-refractivity contribution in [2.45, 2.75) is 116 Å². The molecule has 0 aromatic heterocycles. The van der Waals surface area contributed by atoms with Gasteiger partial charge in [-0.15, -0.1) is 0 Å². The van der Waals surface area contributed by atoms with Gasteiger partial charge in [-0.3, -0.25) is 4.79 Å². The number of fused-ring (bicyclic) bond motifs is 3. The van der Waals surface area contributed by atoms with Gasteiger partial charge in [-0.1, -0.05) is 33.6 Å². The van der Waals surface area contributed by atoms with Crippen LogP contribution in [0.3, 0.4) is 0 Å². The van der Waals surface area contributed by atoms with E-state index in [1.54, 1.807) is 0 Å². The third kappa shape index (κ3) is 2.50. The Hall–Kier alpha value is -0.370. The maximum Gasteiger partial charge on any atom is 0.132 e. The van der Waals surface area contributed by atoms with Crippen LogP contribution in [0.5, 0.6) is 0 Å². The molecule has 0 radical (unpaired) electrons. The van der Waals surface area contributed by atoms with Gasteiger partial charge in [-0.05, 0) is 92.3 Å². The number of carbonyl (C=O) groups excluding carboxylic acids is 1. The van der Waals surface area contributed by atoms with Crippen molar-refractivity contribution < 1.29 is 9.53 Å². The predicted molar refractivity (Wildman–Crippen MR) is 108 cm³/mol. The molecule has 1 heterocycles. The molecule has 5 fully saturated rings. The third-order valence-corrected chi connectivity index (χ3v) is 10.5. The van der Waals surface area contributed by atoms with Crippen LogP contribution in [-0.4, -0.2) is 17.5 Å². The predicted octanol–water partition coefficient (Wildman–Crippen LogP) is 6.32. The van der Waals surface area contributed by atoms with Gasteiger partial charge >= 0.3 is 0 Å². The molecular formula is C25H40O2. The van der Waals surface area contributed by atoms with Crippen LogP contribution in [0.15, 0.2) is 0 Å². The first kappa shape index (κ1) is 18.6. The molecule has 4 unspecified atom stereocenters. The number of ketones is 1. The van der Waals surface area contributed by atoms with E-state index in [9.17, 15) is 4.79 Å². The van der Waals surface area contributed by atoms with Crippen molar-refractivity contribution in [3.63, 3.8) is 0 Å². The first-order valence-electron chi connectivity index (χ1n) is 12.1. The Morgan fingerprint density at radius 3 is 2.63 bits per heavy atom. The smallest absolute Gasteiger partial charge is 0.132 e. The average Bonchev–Trinajstić information content (AvgIpc) is 3.25. The lowest BCUT2D eigenvalue weighted by molar-refractivity contribution is -0.119. The molecule has 5 aliphatic rings. The molecule has 1 spiro atoms. The van der Waals surface area contributed by atoms with Gasteiger partial charge in [0.15, 0.2) is 0 Å². The van der Waals surface area contributed by atoms with Crippen LogP contribution in [-0.2, 0) is 9.53 Å². The van der Waals surface area contributed by atoms with E-state index in [1.807, 2.05) is 6.92 Å². The Kier molecular flexibility index (Phi) is 4.36. The number of epoxide rings is 1. The first-order valence-corrected chi connectivity index (χ1v) is 12.1. The van der Waals surface area contributed by atoms with Crippen LogP contribution in [0.2, 0.25) is 0 Å². The van der Waals surface area contributed by atoms with Crippen molar-refractivity contribution in [1.82, 2.24) is 0 Å². The maximum absolute atomic E-state index is 11.7. The first-order chi connectivity index (χ1) is 12.9. The van der Waals surface area contributed by atoms with Gasteiger partial charge in [0, 0.05) is 12.8 Å². The van der Waals surface area contributed by atoms with E-state index in [4.69, 9.17) is 4.74 Å². The second-order valence-electron chi connectivity index (χ2n) is 11.4. The van der Waals surface area contributed by atoms with E-state index < -0.39 is 0 Å². The molecule has 152 valence electrons. The molecular weight excluding hydrogens is 332 g/mol. The lowest BCUT2D eigenvalue weighted by Crippen LogP contribution is -2.58. The van der Waals surface area contributed by atoms with Crippen molar-refractivity contribution >= 4 is 5.78 Å². The number of carbonyl (C=O) groups is 1. The van der Waals surface area contributed by atoms with Crippen molar-refractivity contribution in [2.75, 3.05) is 0 Å². The number of Topliss-reactive ketones (excluding diaryl/α,β-unsaturated/α-hetero) is 1. The highest BCUT2D eigenvalue weighted by molar-refractivity contribution is 5.77. The van der Waals surface area contributed by atoms with E-state index in [2.05, 4.69) is 13.8 Å². The molecule has 2 nitrogen and oxygen atoms in total. The minimum Gasteiger partial charge on any atom is -0.365 e. The van der Waals surface area contributed by atoms with Gasteiger partial charge in [0.05, 0.1) is 6.10 Å². The Morgan fingerprint density at radius 2 is 1.81 bits per heavy atom. The Bertz CT molecular complexity index is 613. The summed E-state index contributed by atoms with van der Waals surface area (Å²) >= 11 is 0. The monoisotopic (exact) mass is 372 g/mol. The Labute approximate surface area is 166 Å². The summed E-state index contributed by atoms with van der Waals surface area (Å²) in [5.74, 6) is 3.82. The number of rotatable bonds is 5. The van der Waals surface area contributed by atoms with Gasteiger partial charge < -0.3 is 4.74 Å². The van der Waals surface area contributed by atoms with Crippen LogP contribution in [0, 0.1) is 34.5 Å². The molecule has 0 bridgehead atoms. The lowest BCUT2D eigenvalue weighted by Gasteiger charge is -2.58. The summed E-state index contributed by atoms with van der Waals surface area (Å²) in [6, 6.07) is 0.